The van der Waals surface area contributed by atoms with Gasteiger partial charge in [0.2, 0.25) is 0 Å². The number of halogens is 1. The molecule has 2 heterocycles. The van der Waals surface area contributed by atoms with E-state index < -0.39 is 0 Å². The first-order valence-corrected chi connectivity index (χ1v) is 6.70. The first-order chi connectivity index (χ1) is 9.26. The Balaban J connectivity index is 1.83. The van der Waals surface area contributed by atoms with Crippen LogP contribution in [0.1, 0.15) is 24.6 Å². The fourth-order valence-corrected chi connectivity index (χ4v) is 2.69. The number of nitrogens with one attached hydrogen (secondary N) is 1. The van der Waals surface area contributed by atoms with Crippen LogP contribution in [0.5, 0.6) is 0 Å². The summed E-state index contributed by atoms with van der Waals surface area (Å²) in [7, 11) is 1.92. The minimum Gasteiger partial charge on any atom is -0.459 e. The summed E-state index contributed by atoms with van der Waals surface area (Å²) in [6.45, 7) is 1.68. The summed E-state index contributed by atoms with van der Waals surface area (Å²) in [5, 5.41) is 4.10. The van der Waals surface area contributed by atoms with E-state index in [0.717, 1.165) is 42.8 Å². The van der Waals surface area contributed by atoms with Gasteiger partial charge in [0.15, 0.2) is 0 Å². The maximum Gasteiger partial charge on any atom is 0.134 e. The third-order valence-corrected chi connectivity index (χ3v) is 3.78. The van der Waals surface area contributed by atoms with E-state index in [0.29, 0.717) is 5.92 Å². The molecule has 1 aromatic carbocycles. The van der Waals surface area contributed by atoms with Gasteiger partial charge in [0.05, 0.1) is 6.04 Å². The molecule has 3 rings (SSSR count). The van der Waals surface area contributed by atoms with Crippen molar-refractivity contribution in [1.82, 2.24) is 5.32 Å². The zero-order valence-electron chi connectivity index (χ0n) is 11.0. The summed E-state index contributed by atoms with van der Waals surface area (Å²) < 4.78 is 24.4. The van der Waals surface area contributed by atoms with E-state index in [-0.39, 0.29) is 11.9 Å². The average Bonchev–Trinajstić information content (AvgIpc) is 3.03. The fourth-order valence-electron chi connectivity index (χ4n) is 2.69. The largest absolute Gasteiger partial charge is 0.459 e. The SMILES string of the molecule is CNC(CC1CCOC1)c1cc2cc(F)ccc2o1. The van der Waals surface area contributed by atoms with Crippen molar-refractivity contribution in [3.8, 4) is 0 Å². The second-order valence-corrected chi connectivity index (χ2v) is 5.14. The van der Waals surface area contributed by atoms with Crippen LogP contribution in [-0.4, -0.2) is 20.3 Å². The lowest BCUT2D eigenvalue weighted by atomic mass is 9.98. The monoisotopic (exact) mass is 263 g/mol. The Morgan fingerprint density at radius 2 is 2.32 bits per heavy atom. The van der Waals surface area contributed by atoms with Gasteiger partial charge in [0.25, 0.3) is 0 Å². The molecule has 102 valence electrons. The van der Waals surface area contributed by atoms with Crippen LogP contribution in [0.2, 0.25) is 0 Å². The molecule has 2 aromatic rings. The normalized spacial score (nSPS) is 21.1. The van der Waals surface area contributed by atoms with E-state index in [9.17, 15) is 4.39 Å². The number of furan rings is 1. The standard InChI is InChI=1S/C15H18FNO2/c1-17-13(6-10-4-5-18-9-10)15-8-11-7-12(16)2-3-14(11)19-15/h2-3,7-8,10,13,17H,4-6,9H2,1H3. The van der Waals surface area contributed by atoms with Crippen LogP contribution in [0.15, 0.2) is 28.7 Å². The van der Waals surface area contributed by atoms with Crippen LogP contribution in [0.4, 0.5) is 4.39 Å². The first-order valence-electron chi connectivity index (χ1n) is 6.70. The zero-order valence-corrected chi connectivity index (χ0v) is 11.0. The first kappa shape index (κ1) is 12.6. The highest BCUT2D eigenvalue weighted by Gasteiger charge is 2.23. The second-order valence-electron chi connectivity index (χ2n) is 5.14. The molecular formula is C15H18FNO2. The topological polar surface area (TPSA) is 34.4 Å². The third kappa shape index (κ3) is 2.65. The van der Waals surface area contributed by atoms with Crippen molar-refractivity contribution in [2.24, 2.45) is 5.92 Å². The number of benzene rings is 1. The Hall–Kier alpha value is -1.39. The summed E-state index contributed by atoms with van der Waals surface area (Å²) in [6.07, 6.45) is 2.09. The minimum absolute atomic E-state index is 0.155. The highest BCUT2D eigenvalue weighted by atomic mass is 19.1. The summed E-state index contributed by atoms with van der Waals surface area (Å²) in [6, 6.07) is 6.69. The Morgan fingerprint density at radius 3 is 3.05 bits per heavy atom. The predicted octanol–water partition coefficient (Wildman–Crippen LogP) is 3.26. The van der Waals surface area contributed by atoms with Crippen molar-refractivity contribution in [3.63, 3.8) is 0 Å². The second kappa shape index (κ2) is 5.31. The molecule has 2 unspecified atom stereocenters. The Kier molecular flexibility index (Phi) is 3.53. The number of ether oxygens (including phenoxy) is 1. The molecule has 1 aliphatic rings. The predicted molar refractivity (Wildman–Crippen MR) is 71.5 cm³/mol. The summed E-state index contributed by atoms with van der Waals surface area (Å²) >= 11 is 0. The molecule has 19 heavy (non-hydrogen) atoms. The Labute approximate surface area is 111 Å². The zero-order chi connectivity index (χ0) is 13.2. The lowest BCUT2D eigenvalue weighted by Crippen LogP contribution is -2.19. The Morgan fingerprint density at radius 1 is 1.42 bits per heavy atom. The average molecular weight is 263 g/mol. The lowest BCUT2D eigenvalue weighted by molar-refractivity contribution is 0.181. The maximum absolute atomic E-state index is 13.2. The molecule has 1 aromatic heterocycles. The van der Waals surface area contributed by atoms with E-state index in [1.54, 1.807) is 6.07 Å². The van der Waals surface area contributed by atoms with Gasteiger partial charge in [-0.3, -0.25) is 0 Å². The molecule has 2 atom stereocenters. The van der Waals surface area contributed by atoms with Crippen molar-refractivity contribution in [1.29, 1.82) is 0 Å². The molecule has 1 fully saturated rings. The molecule has 0 amide bonds. The van der Waals surface area contributed by atoms with Crippen LogP contribution >= 0.6 is 0 Å². The van der Waals surface area contributed by atoms with Crippen molar-refractivity contribution >= 4 is 11.0 Å². The van der Waals surface area contributed by atoms with Crippen LogP contribution < -0.4 is 5.32 Å². The minimum atomic E-state index is -0.231. The maximum atomic E-state index is 13.2. The van der Waals surface area contributed by atoms with E-state index in [1.165, 1.54) is 12.1 Å². The molecule has 4 heteroatoms. The molecule has 0 radical (unpaired) electrons. The van der Waals surface area contributed by atoms with Crippen molar-refractivity contribution in [2.45, 2.75) is 18.9 Å². The van der Waals surface area contributed by atoms with Crippen molar-refractivity contribution in [2.75, 3.05) is 20.3 Å². The van der Waals surface area contributed by atoms with Gasteiger partial charge in [0.1, 0.15) is 17.2 Å². The molecule has 0 aliphatic carbocycles. The molecular weight excluding hydrogens is 245 g/mol. The van der Waals surface area contributed by atoms with E-state index in [2.05, 4.69) is 5.32 Å². The third-order valence-electron chi connectivity index (χ3n) is 3.78. The molecule has 0 spiro atoms. The molecule has 1 saturated heterocycles. The number of rotatable bonds is 4. The highest BCUT2D eigenvalue weighted by Crippen LogP contribution is 2.30. The van der Waals surface area contributed by atoms with Crippen molar-refractivity contribution < 1.29 is 13.5 Å². The molecule has 0 bridgehead atoms. The summed E-state index contributed by atoms with van der Waals surface area (Å²) in [5.74, 6) is 1.21. The van der Waals surface area contributed by atoms with Gasteiger partial charge < -0.3 is 14.5 Å². The van der Waals surface area contributed by atoms with Crippen LogP contribution in [0.25, 0.3) is 11.0 Å². The van der Waals surface area contributed by atoms with Gasteiger partial charge in [0, 0.05) is 18.6 Å². The van der Waals surface area contributed by atoms with E-state index in [1.807, 2.05) is 13.1 Å². The fraction of sp³-hybridized carbons (Fsp3) is 0.467. The Bertz CT molecular complexity index is 560. The smallest absolute Gasteiger partial charge is 0.134 e. The number of hydrogen-bond donors (Lipinski definition) is 1. The van der Waals surface area contributed by atoms with Gasteiger partial charge in [-0.2, -0.15) is 0 Å². The highest BCUT2D eigenvalue weighted by molar-refractivity contribution is 5.78. The molecule has 1 N–H and O–H groups in total. The van der Waals surface area contributed by atoms with Gasteiger partial charge >= 0.3 is 0 Å². The van der Waals surface area contributed by atoms with Gasteiger partial charge in [-0.05, 0) is 50.1 Å². The van der Waals surface area contributed by atoms with Crippen molar-refractivity contribution in [3.05, 3.63) is 35.8 Å². The summed E-state index contributed by atoms with van der Waals surface area (Å²) in [4.78, 5) is 0. The van der Waals surface area contributed by atoms with Gasteiger partial charge in [-0.25, -0.2) is 4.39 Å². The number of hydrogen-bond acceptors (Lipinski definition) is 3. The molecule has 0 saturated carbocycles. The molecule has 1 aliphatic heterocycles. The van der Waals surface area contributed by atoms with Crippen LogP contribution in [0.3, 0.4) is 0 Å². The van der Waals surface area contributed by atoms with E-state index >= 15 is 0 Å². The quantitative estimate of drug-likeness (QED) is 0.919. The summed E-state index contributed by atoms with van der Waals surface area (Å²) in [5.41, 5.74) is 0.735. The van der Waals surface area contributed by atoms with Gasteiger partial charge in [-0.15, -0.1) is 0 Å². The van der Waals surface area contributed by atoms with Crippen LogP contribution in [0, 0.1) is 11.7 Å². The van der Waals surface area contributed by atoms with Crippen LogP contribution in [-0.2, 0) is 4.74 Å². The lowest BCUT2D eigenvalue weighted by Gasteiger charge is -2.16. The number of fused-ring (bicyclic) bond motifs is 1. The van der Waals surface area contributed by atoms with E-state index in [4.69, 9.17) is 9.15 Å². The van der Waals surface area contributed by atoms with Gasteiger partial charge in [-0.1, -0.05) is 0 Å². The molecule has 3 nitrogen and oxygen atoms in total.